The number of aliphatic hydroxyl groups excluding tert-OH is 1. The largest absolute Gasteiger partial charge is 0.481 e. The van der Waals surface area contributed by atoms with Gasteiger partial charge in [0.25, 0.3) is 0 Å². The molecule has 2 aliphatic heterocycles. The van der Waals surface area contributed by atoms with Crippen LogP contribution in [0, 0.1) is 0 Å². The van der Waals surface area contributed by atoms with Crippen molar-refractivity contribution in [3.8, 4) is 0 Å². The van der Waals surface area contributed by atoms with Crippen LogP contribution in [0.5, 0.6) is 0 Å². The number of aliphatic carboxylic acids is 1. The van der Waals surface area contributed by atoms with E-state index in [0.29, 0.717) is 6.42 Å². The summed E-state index contributed by atoms with van der Waals surface area (Å²) in [7, 11) is 0. The van der Waals surface area contributed by atoms with E-state index < -0.39 is 35.7 Å². The third-order valence-electron chi connectivity index (χ3n) is 2.82. The molecule has 2 rings (SSSR count). The molecule has 9 nitrogen and oxygen atoms in total. The fraction of sp³-hybridized carbons (Fsp3) is 0.786. The molecule has 0 aromatic heterocycles. The second kappa shape index (κ2) is 7.24. The van der Waals surface area contributed by atoms with E-state index in [1.807, 2.05) is 0 Å². The third-order valence-corrected chi connectivity index (χ3v) is 2.82. The van der Waals surface area contributed by atoms with Gasteiger partial charge in [0.05, 0.1) is 6.42 Å². The number of carboxylic acids is 1. The Hall–Kier alpha value is -1.71. The van der Waals surface area contributed by atoms with Gasteiger partial charge in [-0.25, -0.2) is 9.59 Å². The van der Waals surface area contributed by atoms with Gasteiger partial charge in [-0.15, -0.1) is 0 Å². The van der Waals surface area contributed by atoms with E-state index in [-0.39, 0.29) is 19.0 Å². The predicted octanol–water partition coefficient (Wildman–Crippen LogP) is 0.186. The number of aliphatic hydroxyl groups is 1. The Kier molecular flexibility index (Phi) is 6.09. The Labute approximate surface area is 133 Å². The smallest absolute Gasteiger partial charge is 0.338 e. The van der Waals surface area contributed by atoms with Crippen molar-refractivity contribution in [3.05, 3.63) is 0 Å². The highest BCUT2D eigenvalue weighted by molar-refractivity contribution is 5.82. The number of hydrogen-bond donors (Lipinski definition) is 2. The molecule has 0 unspecified atom stereocenters. The lowest BCUT2D eigenvalue weighted by Gasteiger charge is -2.14. The highest BCUT2D eigenvalue weighted by Gasteiger charge is 2.42. The zero-order valence-corrected chi connectivity index (χ0v) is 13.5. The summed E-state index contributed by atoms with van der Waals surface area (Å²) in [4.78, 5) is 32.1. The molecule has 9 heteroatoms. The van der Waals surface area contributed by atoms with Gasteiger partial charge in [0.15, 0.2) is 12.2 Å². The number of carbonyl (C=O) groups excluding carboxylic acids is 2. The number of hydrogen-bond acceptors (Lipinski definition) is 8. The van der Waals surface area contributed by atoms with Gasteiger partial charge in [-0.1, -0.05) is 0 Å². The highest BCUT2D eigenvalue weighted by atomic mass is 16.8. The molecule has 0 aromatic carbocycles. The standard InChI is InChI=1S/C7H10O5.C7H12O4/c1-7(2)11-4(3-5(8)9)6(10)12-7;1-7(2)10-5(3-4-8)6(9)11-7/h4H,3H2,1-2H3,(H,8,9);5,8H,3-4H2,1-2H3/t4-;5-/m11/s1. The lowest BCUT2D eigenvalue weighted by molar-refractivity contribution is -0.162. The summed E-state index contributed by atoms with van der Waals surface area (Å²) in [6.45, 7) is 6.40. The molecule has 0 aromatic rings. The monoisotopic (exact) mass is 334 g/mol. The van der Waals surface area contributed by atoms with Crippen LogP contribution in [0.15, 0.2) is 0 Å². The van der Waals surface area contributed by atoms with Crippen LogP contribution in [0.25, 0.3) is 0 Å². The fourth-order valence-corrected chi connectivity index (χ4v) is 2.02. The second-order valence-corrected chi connectivity index (χ2v) is 5.96. The molecule has 23 heavy (non-hydrogen) atoms. The first-order chi connectivity index (χ1) is 10.5. The minimum absolute atomic E-state index is 0.0597. The van der Waals surface area contributed by atoms with Gasteiger partial charge in [-0.2, -0.15) is 0 Å². The molecule has 0 amide bonds. The van der Waals surface area contributed by atoms with Gasteiger partial charge < -0.3 is 29.2 Å². The van der Waals surface area contributed by atoms with Crippen LogP contribution in [-0.4, -0.2) is 58.5 Å². The fourth-order valence-electron chi connectivity index (χ4n) is 2.02. The number of carbonyl (C=O) groups is 3. The summed E-state index contributed by atoms with van der Waals surface area (Å²) in [5.41, 5.74) is 0. The lowest BCUT2D eigenvalue weighted by atomic mass is 10.2. The molecule has 0 radical (unpaired) electrons. The number of ether oxygens (including phenoxy) is 4. The van der Waals surface area contributed by atoms with Crippen molar-refractivity contribution < 1.29 is 43.5 Å². The minimum Gasteiger partial charge on any atom is -0.481 e. The van der Waals surface area contributed by atoms with Crippen molar-refractivity contribution in [2.75, 3.05) is 6.61 Å². The Morgan fingerprint density at radius 2 is 1.43 bits per heavy atom. The molecular formula is C14H22O9. The number of esters is 2. The number of rotatable bonds is 4. The van der Waals surface area contributed by atoms with Crippen LogP contribution in [0.4, 0.5) is 0 Å². The van der Waals surface area contributed by atoms with Gasteiger partial charge in [0.2, 0.25) is 11.6 Å². The maximum absolute atomic E-state index is 10.9. The van der Waals surface area contributed by atoms with Crippen LogP contribution < -0.4 is 0 Å². The van der Waals surface area contributed by atoms with E-state index >= 15 is 0 Å². The van der Waals surface area contributed by atoms with Crippen LogP contribution in [0.1, 0.15) is 40.5 Å². The van der Waals surface area contributed by atoms with Gasteiger partial charge in [-0.05, 0) is 0 Å². The first-order valence-corrected chi connectivity index (χ1v) is 7.10. The summed E-state index contributed by atoms with van der Waals surface area (Å²) < 4.78 is 19.8. The maximum atomic E-state index is 10.9. The second-order valence-electron chi connectivity index (χ2n) is 5.96. The van der Waals surface area contributed by atoms with Crippen LogP contribution in [-0.2, 0) is 33.3 Å². The van der Waals surface area contributed by atoms with Crippen LogP contribution in [0.3, 0.4) is 0 Å². The summed E-state index contributed by atoms with van der Waals surface area (Å²) in [6.07, 6.45) is -1.59. The summed E-state index contributed by atoms with van der Waals surface area (Å²) in [6, 6.07) is 0. The summed E-state index contributed by atoms with van der Waals surface area (Å²) >= 11 is 0. The SMILES string of the molecule is CC1(C)OC(=O)[C@@H](CC(=O)O)O1.CC1(C)OC(=O)[C@@H](CCO)O1. The molecule has 0 aliphatic carbocycles. The lowest BCUT2D eigenvalue weighted by Crippen LogP contribution is -2.23. The van der Waals surface area contributed by atoms with E-state index in [0.717, 1.165) is 0 Å². The van der Waals surface area contributed by atoms with Gasteiger partial charge in [0, 0.05) is 40.7 Å². The maximum Gasteiger partial charge on any atom is 0.338 e. The first-order valence-electron chi connectivity index (χ1n) is 7.10. The summed E-state index contributed by atoms with van der Waals surface area (Å²) in [5, 5.41) is 16.9. The van der Waals surface area contributed by atoms with Gasteiger partial charge >= 0.3 is 17.9 Å². The van der Waals surface area contributed by atoms with Gasteiger partial charge in [0.1, 0.15) is 0 Å². The van der Waals surface area contributed by atoms with Crippen molar-refractivity contribution >= 4 is 17.9 Å². The minimum atomic E-state index is -1.07. The molecule has 0 bridgehead atoms. The molecule has 2 atom stereocenters. The zero-order valence-electron chi connectivity index (χ0n) is 13.5. The normalized spacial score (nSPS) is 27.7. The molecule has 2 saturated heterocycles. The number of carboxylic acid groups (broad SMARTS) is 1. The Morgan fingerprint density at radius 3 is 1.74 bits per heavy atom. The topological polar surface area (TPSA) is 129 Å². The average Bonchev–Trinajstić information content (AvgIpc) is 2.75. The molecule has 0 saturated carbocycles. The highest BCUT2D eigenvalue weighted by Crippen LogP contribution is 2.25. The zero-order chi connectivity index (χ0) is 17.8. The third kappa shape index (κ3) is 6.12. The van der Waals surface area contributed by atoms with E-state index in [2.05, 4.69) is 0 Å². The average molecular weight is 334 g/mol. The van der Waals surface area contributed by atoms with Crippen molar-refractivity contribution in [1.29, 1.82) is 0 Å². The predicted molar refractivity (Wildman–Crippen MR) is 74.0 cm³/mol. The number of cyclic esters (lactones) is 2. The van der Waals surface area contributed by atoms with E-state index in [1.54, 1.807) is 27.7 Å². The van der Waals surface area contributed by atoms with E-state index in [1.165, 1.54) is 0 Å². The van der Waals surface area contributed by atoms with Crippen LogP contribution in [0.2, 0.25) is 0 Å². The van der Waals surface area contributed by atoms with Crippen molar-refractivity contribution in [3.63, 3.8) is 0 Å². The van der Waals surface area contributed by atoms with E-state index in [9.17, 15) is 14.4 Å². The molecule has 132 valence electrons. The van der Waals surface area contributed by atoms with Crippen molar-refractivity contribution in [2.24, 2.45) is 0 Å². The first kappa shape index (κ1) is 19.3. The summed E-state index contributed by atoms with van der Waals surface area (Å²) in [5.74, 6) is -3.88. The van der Waals surface area contributed by atoms with E-state index in [4.69, 9.17) is 29.2 Å². The Bertz CT molecular complexity index is 469. The van der Waals surface area contributed by atoms with Crippen LogP contribution >= 0.6 is 0 Å². The van der Waals surface area contributed by atoms with Crippen molar-refractivity contribution in [2.45, 2.75) is 64.3 Å². The Balaban J connectivity index is 0.000000231. The van der Waals surface area contributed by atoms with Gasteiger partial charge in [-0.3, -0.25) is 4.79 Å². The molecule has 0 spiro atoms. The molecule has 2 N–H and O–H groups in total. The molecule has 2 heterocycles. The molecule has 2 aliphatic rings. The van der Waals surface area contributed by atoms with Crippen molar-refractivity contribution in [1.82, 2.24) is 0 Å². The molecule has 2 fully saturated rings. The Morgan fingerprint density at radius 1 is 1.00 bits per heavy atom. The molecular weight excluding hydrogens is 312 g/mol. The quantitative estimate of drug-likeness (QED) is 0.692.